The van der Waals surface area contributed by atoms with E-state index in [0.29, 0.717) is 13.2 Å². The van der Waals surface area contributed by atoms with Crippen LogP contribution in [0.2, 0.25) is 0 Å². The molecule has 0 saturated carbocycles. The van der Waals surface area contributed by atoms with Gasteiger partial charge in [-0.15, -0.1) is 11.3 Å². The molecule has 0 unspecified atom stereocenters. The fraction of sp³-hybridized carbons (Fsp3) is 0.154. The molecule has 2 aromatic heterocycles. The highest BCUT2D eigenvalue weighted by atomic mass is 32.1. The van der Waals surface area contributed by atoms with Crippen LogP contribution in [0.5, 0.6) is 5.75 Å². The minimum atomic E-state index is 0.520. The van der Waals surface area contributed by atoms with E-state index >= 15 is 0 Å². The number of nitrogens with two attached hydrogens (primary N) is 1. The Morgan fingerprint density at radius 1 is 1.33 bits per heavy atom. The number of hydrogen-bond donors (Lipinski definition) is 2. The van der Waals surface area contributed by atoms with Crippen LogP contribution in [-0.2, 0) is 13.2 Å². The smallest absolute Gasteiger partial charge is 0.124 e. The molecule has 0 aliphatic rings. The minimum Gasteiger partial charge on any atom is -0.488 e. The number of nitrogens with one attached hydrogen (secondary N) is 1. The van der Waals surface area contributed by atoms with Crippen molar-refractivity contribution in [3.05, 3.63) is 46.5 Å². The van der Waals surface area contributed by atoms with E-state index in [2.05, 4.69) is 16.0 Å². The van der Waals surface area contributed by atoms with Crippen molar-refractivity contribution < 1.29 is 4.74 Å². The molecule has 5 heteroatoms. The van der Waals surface area contributed by atoms with Gasteiger partial charge in [-0.2, -0.15) is 0 Å². The Morgan fingerprint density at radius 2 is 2.28 bits per heavy atom. The molecule has 0 bridgehead atoms. The summed E-state index contributed by atoms with van der Waals surface area (Å²) in [5.41, 5.74) is 9.50. The predicted octanol–water partition coefficient (Wildman–Crippen LogP) is 2.66. The second-order valence-corrected chi connectivity index (χ2v) is 4.98. The van der Waals surface area contributed by atoms with Crippen molar-refractivity contribution in [1.82, 2.24) is 9.97 Å². The van der Waals surface area contributed by atoms with Crippen LogP contribution in [-0.4, -0.2) is 9.97 Å². The lowest BCUT2D eigenvalue weighted by Gasteiger charge is -2.03. The zero-order valence-electron chi connectivity index (χ0n) is 9.72. The first-order valence-electron chi connectivity index (χ1n) is 5.67. The van der Waals surface area contributed by atoms with Gasteiger partial charge in [0.15, 0.2) is 0 Å². The number of thiazole rings is 1. The van der Waals surface area contributed by atoms with E-state index in [1.807, 2.05) is 24.4 Å². The van der Waals surface area contributed by atoms with Crippen LogP contribution >= 0.6 is 11.3 Å². The maximum Gasteiger partial charge on any atom is 0.124 e. The van der Waals surface area contributed by atoms with E-state index in [0.717, 1.165) is 27.2 Å². The first-order valence-corrected chi connectivity index (χ1v) is 6.55. The van der Waals surface area contributed by atoms with Gasteiger partial charge in [0.1, 0.15) is 12.4 Å². The molecule has 0 spiro atoms. The summed E-state index contributed by atoms with van der Waals surface area (Å²) in [6, 6.07) is 8.06. The van der Waals surface area contributed by atoms with Crippen LogP contribution < -0.4 is 10.5 Å². The van der Waals surface area contributed by atoms with Crippen molar-refractivity contribution in [2.75, 3.05) is 0 Å². The number of rotatable bonds is 4. The molecular weight excluding hydrogens is 246 g/mol. The van der Waals surface area contributed by atoms with E-state index < -0.39 is 0 Å². The molecule has 0 fully saturated rings. The molecule has 0 atom stereocenters. The summed E-state index contributed by atoms with van der Waals surface area (Å²) in [6.07, 6.45) is 1.82. The average Bonchev–Trinajstić information content (AvgIpc) is 3.04. The molecule has 18 heavy (non-hydrogen) atoms. The summed E-state index contributed by atoms with van der Waals surface area (Å²) >= 11 is 1.59. The SMILES string of the molecule is NCc1cc2ccc(OCc3cncs3)cc2[nH]1. The standard InChI is InChI=1S/C13H13N3OS/c14-5-10-3-9-1-2-11(4-13(9)16-10)17-7-12-6-15-8-18-12/h1-4,6,8,16H,5,7,14H2. The highest BCUT2D eigenvalue weighted by molar-refractivity contribution is 7.09. The summed E-state index contributed by atoms with van der Waals surface area (Å²) in [5.74, 6) is 0.848. The van der Waals surface area contributed by atoms with E-state index in [9.17, 15) is 0 Å². The number of hydrogen-bond acceptors (Lipinski definition) is 4. The van der Waals surface area contributed by atoms with Crippen molar-refractivity contribution in [2.45, 2.75) is 13.2 Å². The Labute approximate surface area is 108 Å². The summed E-state index contributed by atoms with van der Waals surface area (Å²) in [5, 5.41) is 1.15. The van der Waals surface area contributed by atoms with Gasteiger partial charge >= 0.3 is 0 Å². The molecule has 0 aliphatic carbocycles. The predicted molar refractivity (Wildman–Crippen MR) is 72.6 cm³/mol. The molecule has 0 radical (unpaired) electrons. The average molecular weight is 259 g/mol. The van der Waals surface area contributed by atoms with Gasteiger partial charge in [0.25, 0.3) is 0 Å². The lowest BCUT2D eigenvalue weighted by Crippen LogP contribution is -1.95. The van der Waals surface area contributed by atoms with Gasteiger partial charge in [0.2, 0.25) is 0 Å². The zero-order valence-corrected chi connectivity index (χ0v) is 10.5. The Hall–Kier alpha value is -1.85. The topological polar surface area (TPSA) is 63.9 Å². The quantitative estimate of drug-likeness (QED) is 0.757. The van der Waals surface area contributed by atoms with Crippen LogP contribution in [0, 0.1) is 0 Å². The van der Waals surface area contributed by atoms with Crippen molar-refractivity contribution in [2.24, 2.45) is 5.73 Å². The number of aromatic nitrogens is 2. The molecule has 3 N–H and O–H groups in total. The molecule has 4 nitrogen and oxygen atoms in total. The third kappa shape index (κ3) is 2.23. The number of benzene rings is 1. The van der Waals surface area contributed by atoms with Crippen molar-refractivity contribution in [3.63, 3.8) is 0 Å². The van der Waals surface area contributed by atoms with Crippen LogP contribution in [0.15, 0.2) is 36.0 Å². The van der Waals surface area contributed by atoms with E-state index in [1.165, 1.54) is 0 Å². The summed E-state index contributed by atoms with van der Waals surface area (Å²) in [6.45, 7) is 1.08. The number of fused-ring (bicyclic) bond motifs is 1. The maximum absolute atomic E-state index is 5.72. The van der Waals surface area contributed by atoms with Gasteiger partial charge in [-0.1, -0.05) is 0 Å². The molecule has 0 amide bonds. The highest BCUT2D eigenvalue weighted by Gasteiger charge is 2.02. The van der Waals surface area contributed by atoms with Gasteiger partial charge in [0, 0.05) is 30.0 Å². The summed E-state index contributed by atoms with van der Waals surface area (Å²) in [7, 11) is 0. The largest absolute Gasteiger partial charge is 0.488 e. The summed E-state index contributed by atoms with van der Waals surface area (Å²) in [4.78, 5) is 8.40. The number of aromatic amines is 1. The van der Waals surface area contributed by atoms with Gasteiger partial charge in [-0.25, -0.2) is 0 Å². The molecule has 92 valence electrons. The monoisotopic (exact) mass is 259 g/mol. The number of nitrogens with zero attached hydrogens (tertiary/aromatic N) is 1. The van der Waals surface area contributed by atoms with Gasteiger partial charge in [0.05, 0.1) is 10.4 Å². The van der Waals surface area contributed by atoms with Crippen molar-refractivity contribution in [1.29, 1.82) is 0 Å². The fourth-order valence-electron chi connectivity index (χ4n) is 1.83. The Morgan fingerprint density at radius 3 is 3.06 bits per heavy atom. The van der Waals surface area contributed by atoms with Crippen LogP contribution in [0.4, 0.5) is 0 Å². The van der Waals surface area contributed by atoms with Crippen molar-refractivity contribution in [3.8, 4) is 5.75 Å². The molecular formula is C13H13N3OS. The Kier molecular flexibility index (Phi) is 3.00. The third-order valence-corrected chi connectivity index (χ3v) is 3.49. The lowest BCUT2D eigenvalue weighted by atomic mass is 10.2. The molecule has 3 aromatic rings. The molecule has 0 aliphatic heterocycles. The van der Waals surface area contributed by atoms with Crippen LogP contribution in [0.1, 0.15) is 10.6 Å². The Bertz CT molecular complexity index is 645. The zero-order chi connectivity index (χ0) is 12.4. The summed E-state index contributed by atoms with van der Waals surface area (Å²) < 4.78 is 5.72. The number of H-pyrrole nitrogens is 1. The Balaban J connectivity index is 1.80. The van der Waals surface area contributed by atoms with E-state index in [4.69, 9.17) is 10.5 Å². The molecule has 1 aromatic carbocycles. The first-order chi connectivity index (χ1) is 8.85. The highest BCUT2D eigenvalue weighted by Crippen LogP contribution is 2.22. The van der Waals surface area contributed by atoms with Gasteiger partial charge in [-0.3, -0.25) is 4.98 Å². The second-order valence-electron chi connectivity index (χ2n) is 4.00. The van der Waals surface area contributed by atoms with Gasteiger partial charge in [-0.05, 0) is 23.6 Å². The molecule has 2 heterocycles. The molecule has 0 saturated heterocycles. The molecule has 3 rings (SSSR count). The van der Waals surface area contributed by atoms with Crippen molar-refractivity contribution >= 4 is 22.2 Å². The first kappa shape index (κ1) is 11.3. The number of ether oxygens (including phenoxy) is 1. The van der Waals surface area contributed by atoms with Crippen LogP contribution in [0.3, 0.4) is 0 Å². The van der Waals surface area contributed by atoms with E-state index in [-0.39, 0.29) is 0 Å². The normalized spacial score (nSPS) is 10.9. The lowest BCUT2D eigenvalue weighted by molar-refractivity contribution is 0.310. The fourth-order valence-corrected chi connectivity index (χ4v) is 2.34. The van der Waals surface area contributed by atoms with Crippen LogP contribution in [0.25, 0.3) is 10.9 Å². The second kappa shape index (κ2) is 4.80. The van der Waals surface area contributed by atoms with Gasteiger partial charge < -0.3 is 15.5 Å². The maximum atomic E-state index is 5.72. The minimum absolute atomic E-state index is 0.520. The third-order valence-electron chi connectivity index (χ3n) is 2.73. The van der Waals surface area contributed by atoms with E-state index in [1.54, 1.807) is 16.8 Å².